The van der Waals surface area contributed by atoms with Crippen LogP contribution in [0.2, 0.25) is 0 Å². The fourth-order valence-corrected chi connectivity index (χ4v) is 6.23. The van der Waals surface area contributed by atoms with Crippen LogP contribution in [0, 0.1) is 6.92 Å². The zero-order chi connectivity index (χ0) is 27.7. The van der Waals surface area contributed by atoms with Crippen molar-refractivity contribution in [2.45, 2.75) is 57.3 Å². The first-order valence-electron chi connectivity index (χ1n) is 13.0. The van der Waals surface area contributed by atoms with Crippen molar-refractivity contribution in [3.8, 4) is 16.9 Å². The van der Waals surface area contributed by atoms with Gasteiger partial charge >= 0.3 is 6.18 Å². The largest absolute Gasteiger partial charge is 0.417 e. The van der Waals surface area contributed by atoms with Crippen molar-refractivity contribution in [3.63, 3.8) is 0 Å². The molecule has 4 heterocycles. The number of hydrogen-bond donors (Lipinski definition) is 1. The molecule has 1 amide bonds. The van der Waals surface area contributed by atoms with E-state index >= 15 is 0 Å². The van der Waals surface area contributed by atoms with E-state index in [0.717, 1.165) is 38.3 Å². The minimum atomic E-state index is -4.54. The fraction of sp³-hybridized carbons (Fsp3) is 0.481. The Kier molecular flexibility index (Phi) is 8.06. The third-order valence-corrected chi connectivity index (χ3v) is 8.51. The fourth-order valence-electron chi connectivity index (χ4n) is 5.76. The molecule has 0 aliphatic carbocycles. The summed E-state index contributed by atoms with van der Waals surface area (Å²) < 4.78 is 42.2. The summed E-state index contributed by atoms with van der Waals surface area (Å²) in [6, 6.07) is 4.51. The van der Waals surface area contributed by atoms with Gasteiger partial charge < -0.3 is 10.0 Å². The second-order valence-corrected chi connectivity index (χ2v) is 11.0. The van der Waals surface area contributed by atoms with Gasteiger partial charge in [0.15, 0.2) is 0 Å². The molecule has 2 aliphatic heterocycles. The Hall–Kier alpha value is -2.83. The van der Waals surface area contributed by atoms with Gasteiger partial charge in [-0.1, -0.05) is 15.9 Å². The van der Waals surface area contributed by atoms with Gasteiger partial charge in [-0.2, -0.15) is 18.3 Å². The Morgan fingerprint density at radius 1 is 1.13 bits per heavy atom. The number of nitrogens with zero attached hydrogens (tertiary/aromatic N) is 6. The van der Waals surface area contributed by atoms with Gasteiger partial charge in [-0.15, -0.1) is 0 Å². The lowest BCUT2D eigenvalue weighted by atomic mass is 10.00. The summed E-state index contributed by atoms with van der Waals surface area (Å²) >= 11 is 2.99. The third-order valence-electron chi connectivity index (χ3n) is 7.82. The second-order valence-electron chi connectivity index (χ2n) is 10.1. The van der Waals surface area contributed by atoms with Crippen LogP contribution < -0.4 is 0 Å². The maximum Gasteiger partial charge on any atom is 0.417 e. The molecule has 8 nitrogen and oxygen atoms in total. The molecule has 12 heteroatoms. The molecule has 5 rings (SSSR count). The van der Waals surface area contributed by atoms with Crippen LogP contribution >= 0.6 is 15.9 Å². The number of likely N-dealkylation sites (tertiary alicyclic amines) is 2. The Bertz CT molecular complexity index is 1330. The quantitative estimate of drug-likeness (QED) is 0.447. The van der Waals surface area contributed by atoms with Crippen LogP contribution in [-0.4, -0.2) is 78.9 Å². The van der Waals surface area contributed by atoms with Crippen LogP contribution in [0.25, 0.3) is 16.9 Å². The molecule has 0 bridgehead atoms. The van der Waals surface area contributed by atoms with E-state index in [-0.39, 0.29) is 35.1 Å². The molecule has 2 aliphatic rings. The van der Waals surface area contributed by atoms with Crippen molar-refractivity contribution in [1.29, 1.82) is 0 Å². The van der Waals surface area contributed by atoms with Crippen LogP contribution in [0.1, 0.15) is 42.5 Å². The van der Waals surface area contributed by atoms with Crippen LogP contribution in [-0.2, 0) is 17.4 Å². The molecule has 3 aromatic rings. The molecule has 1 atom stereocenters. The number of piperidine rings is 1. The number of hydrogen-bond acceptors (Lipinski definition) is 6. The first-order chi connectivity index (χ1) is 18.7. The van der Waals surface area contributed by atoms with Crippen LogP contribution in [0.15, 0.2) is 41.4 Å². The highest BCUT2D eigenvalue weighted by atomic mass is 79.9. The summed E-state index contributed by atoms with van der Waals surface area (Å²) in [5.41, 5.74) is 1.70. The Morgan fingerprint density at radius 2 is 1.85 bits per heavy atom. The molecular weight excluding hydrogens is 577 g/mol. The van der Waals surface area contributed by atoms with E-state index < -0.39 is 11.7 Å². The summed E-state index contributed by atoms with van der Waals surface area (Å²) in [5.74, 6) is -0.0545. The maximum absolute atomic E-state index is 13.6. The highest BCUT2D eigenvalue weighted by Crippen LogP contribution is 2.37. The minimum absolute atomic E-state index is 0.0545. The Labute approximate surface area is 233 Å². The number of aliphatic hydroxyl groups excluding tert-OH is 1. The topological polar surface area (TPSA) is 87.4 Å². The van der Waals surface area contributed by atoms with Crippen molar-refractivity contribution in [2.75, 3.05) is 26.2 Å². The highest BCUT2D eigenvalue weighted by Gasteiger charge is 2.35. The van der Waals surface area contributed by atoms with Gasteiger partial charge in [0.1, 0.15) is 6.33 Å². The van der Waals surface area contributed by atoms with Gasteiger partial charge in [0.05, 0.1) is 30.0 Å². The first kappa shape index (κ1) is 27.7. The van der Waals surface area contributed by atoms with Crippen LogP contribution in [0.5, 0.6) is 0 Å². The van der Waals surface area contributed by atoms with E-state index in [0.29, 0.717) is 41.6 Å². The minimum Gasteiger partial charge on any atom is -0.395 e. The molecule has 0 radical (unpaired) electrons. The number of carbonyl (C=O) groups is 1. The summed E-state index contributed by atoms with van der Waals surface area (Å²) in [4.78, 5) is 25.8. The molecule has 0 unspecified atom stereocenters. The Balaban J connectivity index is 1.41. The number of alkyl halides is 3. The third kappa shape index (κ3) is 5.73. The van der Waals surface area contributed by atoms with Crippen molar-refractivity contribution in [3.05, 3.63) is 58.2 Å². The first-order valence-corrected chi connectivity index (χ1v) is 13.8. The Morgan fingerprint density at radius 3 is 2.51 bits per heavy atom. The number of aromatic nitrogens is 4. The predicted molar refractivity (Wildman–Crippen MR) is 142 cm³/mol. The van der Waals surface area contributed by atoms with E-state index in [1.165, 1.54) is 17.1 Å². The maximum atomic E-state index is 13.6. The molecule has 208 valence electrons. The number of benzene rings is 1. The molecule has 0 spiro atoms. The van der Waals surface area contributed by atoms with Gasteiger partial charge in [0, 0.05) is 58.9 Å². The summed E-state index contributed by atoms with van der Waals surface area (Å²) in [7, 11) is 0. The molecule has 2 aromatic heterocycles. The van der Waals surface area contributed by atoms with E-state index in [4.69, 9.17) is 0 Å². The normalized spacial score (nSPS) is 19.1. The standard InChI is InChI=1S/C27H30BrF3N6O2/c1-17-22(12-25(39)35-9-6-19(7-10-35)36-8-2-3-21(36)15-38)26(18-13-32-16-33-14-18)34-37(17)20-4-5-24(28)23(11-20)27(29,30)31/h4-5,11,13-14,16,19,21,38H,2-3,6-10,12,15H2,1H3/t21-/m0/s1. The van der Waals surface area contributed by atoms with Gasteiger partial charge in [-0.3, -0.25) is 9.69 Å². The lowest BCUT2D eigenvalue weighted by Crippen LogP contribution is -2.49. The second kappa shape index (κ2) is 11.3. The highest BCUT2D eigenvalue weighted by molar-refractivity contribution is 9.10. The number of rotatable bonds is 6. The molecule has 1 N–H and O–H groups in total. The van der Waals surface area contributed by atoms with Crippen LogP contribution in [0.4, 0.5) is 13.2 Å². The zero-order valence-electron chi connectivity index (χ0n) is 21.5. The van der Waals surface area contributed by atoms with E-state index in [1.807, 2.05) is 4.90 Å². The summed E-state index contributed by atoms with van der Waals surface area (Å²) in [5, 5.41) is 14.3. The SMILES string of the molecule is Cc1c(CC(=O)N2CCC(N3CCC[C@H]3CO)CC2)c(-c2cncnc2)nn1-c1ccc(Br)c(C(F)(F)F)c1. The summed E-state index contributed by atoms with van der Waals surface area (Å²) in [6.07, 6.45) is 3.85. The average molecular weight is 607 g/mol. The molecular formula is C27H30BrF3N6O2. The molecule has 39 heavy (non-hydrogen) atoms. The molecule has 2 saturated heterocycles. The van der Waals surface area contributed by atoms with Crippen molar-refractivity contribution < 1.29 is 23.1 Å². The number of halogens is 4. The number of amides is 1. The average Bonchev–Trinajstić information content (AvgIpc) is 3.54. The predicted octanol–water partition coefficient (Wildman–Crippen LogP) is 4.41. The lowest BCUT2D eigenvalue weighted by molar-refractivity contribution is -0.138. The van der Waals surface area contributed by atoms with Crippen molar-refractivity contribution >= 4 is 21.8 Å². The van der Waals surface area contributed by atoms with Gasteiger partial charge in [-0.25, -0.2) is 14.6 Å². The zero-order valence-corrected chi connectivity index (χ0v) is 23.1. The lowest BCUT2D eigenvalue weighted by Gasteiger charge is -2.39. The smallest absolute Gasteiger partial charge is 0.395 e. The molecule has 2 fully saturated rings. The molecule has 1 aromatic carbocycles. The van der Waals surface area contributed by atoms with Gasteiger partial charge in [0.25, 0.3) is 0 Å². The summed E-state index contributed by atoms with van der Waals surface area (Å²) in [6.45, 7) is 4.15. The van der Waals surface area contributed by atoms with E-state index in [9.17, 15) is 23.1 Å². The number of carbonyl (C=O) groups excluding carboxylic acids is 1. The van der Waals surface area contributed by atoms with E-state index in [2.05, 4.69) is 35.9 Å². The van der Waals surface area contributed by atoms with Gasteiger partial charge in [0.2, 0.25) is 5.91 Å². The van der Waals surface area contributed by atoms with Gasteiger partial charge in [-0.05, 0) is 57.4 Å². The van der Waals surface area contributed by atoms with Crippen LogP contribution in [0.3, 0.4) is 0 Å². The number of aliphatic hydroxyl groups is 1. The monoisotopic (exact) mass is 606 g/mol. The van der Waals surface area contributed by atoms with Crippen molar-refractivity contribution in [2.24, 2.45) is 0 Å². The molecule has 0 saturated carbocycles. The van der Waals surface area contributed by atoms with Crippen molar-refractivity contribution in [1.82, 2.24) is 29.5 Å². The van der Waals surface area contributed by atoms with E-state index in [1.54, 1.807) is 25.4 Å².